The first-order valence-electron chi connectivity index (χ1n) is 6.94. The lowest BCUT2D eigenvalue weighted by atomic mass is 10.2. The van der Waals surface area contributed by atoms with E-state index in [0.717, 1.165) is 5.56 Å². The van der Waals surface area contributed by atoms with Crippen LogP contribution in [-0.2, 0) is 11.3 Å². The van der Waals surface area contributed by atoms with Crippen LogP contribution in [0.25, 0.3) is 0 Å². The van der Waals surface area contributed by atoms with E-state index in [1.807, 2.05) is 26.8 Å². The average molecular weight is 282 g/mol. The summed E-state index contributed by atoms with van der Waals surface area (Å²) < 4.78 is 19.1. The van der Waals surface area contributed by atoms with Gasteiger partial charge in [-0.3, -0.25) is 4.79 Å². The first kappa shape index (κ1) is 16.4. The van der Waals surface area contributed by atoms with Crippen LogP contribution < -0.4 is 15.4 Å². The number of nitrogens with one attached hydrogen (secondary N) is 2. The molecule has 0 radical (unpaired) electrons. The summed E-state index contributed by atoms with van der Waals surface area (Å²) in [6.45, 7) is 7.30. The molecule has 1 aromatic carbocycles. The Kier molecular flexibility index (Phi) is 7.01. The van der Waals surface area contributed by atoms with E-state index in [4.69, 9.17) is 4.74 Å². The number of hydrogen-bond donors (Lipinski definition) is 2. The molecule has 0 aliphatic carbocycles. The SMILES string of the molecule is CCNC(=O)CCOc1ccc(CNC(C)C)cc1F. The molecule has 0 spiro atoms. The molecule has 1 rings (SSSR count). The second-order valence-electron chi connectivity index (χ2n) is 4.85. The van der Waals surface area contributed by atoms with E-state index in [-0.39, 0.29) is 24.7 Å². The van der Waals surface area contributed by atoms with Gasteiger partial charge in [0.25, 0.3) is 0 Å². The Morgan fingerprint density at radius 2 is 2.15 bits per heavy atom. The smallest absolute Gasteiger partial charge is 0.223 e. The quantitative estimate of drug-likeness (QED) is 0.769. The predicted octanol–water partition coefficient (Wildman–Crippen LogP) is 2.23. The minimum Gasteiger partial charge on any atom is -0.490 e. The van der Waals surface area contributed by atoms with Crippen molar-refractivity contribution in [2.45, 2.75) is 39.8 Å². The van der Waals surface area contributed by atoms with Crippen LogP contribution in [0, 0.1) is 5.82 Å². The van der Waals surface area contributed by atoms with Crippen LogP contribution in [0.4, 0.5) is 4.39 Å². The molecule has 20 heavy (non-hydrogen) atoms. The van der Waals surface area contributed by atoms with Crippen LogP contribution in [0.2, 0.25) is 0 Å². The van der Waals surface area contributed by atoms with Crippen molar-refractivity contribution < 1.29 is 13.9 Å². The predicted molar refractivity (Wildman–Crippen MR) is 77.2 cm³/mol. The molecule has 0 aliphatic rings. The van der Waals surface area contributed by atoms with Crippen LogP contribution in [0.1, 0.15) is 32.8 Å². The Morgan fingerprint density at radius 3 is 2.75 bits per heavy atom. The zero-order valence-corrected chi connectivity index (χ0v) is 12.3. The Balaban J connectivity index is 2.45. The van der Waals surface area contributed by atoms with Crippen LogP contribution >= 0.6 is 0 Å². The number of halogens is 1. The fourth-order valence-corrected chi connectivity index (χ4v) is 1.63. The van der Waals surface area contributed by atoms with Crippen LogP contribution in [0.15, 0.2) is 18.2 Å². The second-order valence-corrected chi connectivity index (χ2v) is 4.85. The minimum atomic E-state index is -0.399. The number of amides is 1. The van der Waals surface area contributed by atoms with Gasteiger partial charge in [0.05, 0.1) is 13.0 Å². The molecule has 0 heterocycles. The molecule has 4 nitrogen and oxygen atoms in total. The highest BCUT2D eigenvalue weighted by Gasteiger charge is 2.06. The molecule has 0 bridgehead atoms. The van der Waals surface area contributed by atoms with Gasteiger partial charge in [0.2, 0.25) is 5.91 Å². The van der Waals surface area contributed by atoms with Gasteiger partial charge in [-0.25, -0.2) is 4.39 Å². The van der Waals surface area contributed by atoms with E-state index in [9.17, 15) is 9.18 Å². The number of ether oxygens (including phenoxy) is 1. The lowest BCUT2D eigenvalue weighted by Gasteiger charge is -2.11. The van der Waals surface area contributed by atoms with Gasteiger partial charge in [-0.05, 0) is 24.6 Å². The summed E-state index contributed by atoms with van der Waals surface area (Å²) in [7, 11) is 0. The summed E-state index contributed by atoms with van der Waals surface area (Å²) in [5, 5.41) is 5.88. The second kappa shape index (κ2) is 8.53. The molecule has 0 fully saturated rings. The number of carbonyl (C=O) groups excluding carboxylic acids is 1. The number of rotatable bonds is 8. The Hall–Kier alpha value is -1.62. The normalized spacial score (nSPS) is 10.7. The standard InChI is InChI=1S/C15H23FN2O2/c1-4-17-15(19)7-8-20-14-6-5-12(9-13(14)16)10-18-11(2)3/h5-6,9,11,18H,4,7-8,10H2,1-3H3,(H,17,19). The fraction of sp³-hybridized carbons (Fsp3) is 0.533. The molecular weight excluding hydrogens is 259 g/mol. The van der Waals surface area contributed by atoms with Crippen molar-refractivity contribution in [3.8, 4) is 5.75 Å². The van der Waals surface area contributed by atoms with Crippen molar-refractivity contribution in [3.63, 3.8) is 0 Å². The Bertz CT molecular complexity index is 436. The average Bonchev–Trinajstić information content (AvgIpc) is 2.39. The number of benzene rings is 1. The van der Waals surface area contributed by atoms with Gasteiger partial charge in [0.1, 0.15) is 0 Å². The highest BCUT2D eigenvalue weighted by Crippen LogP contribution is 2.18. The van der Waals surface area contributed by atoms with E-state index in [2.05, 4.69) is 10.6 Å². The lowest BCUT2D eigenvalue weighted by molar-refractivity contribution is -0.121. The third kappa shape index (κ3) is 6.02. The zero-order valence-electron chi connectivity index (χ0n) is 12.3. The van der Waals surface area contributed by atoms with Crippen LogP contribution in [-0.4, -0.2) is 25.1 Å². The fourth-order valence-electron chi connectivity index (χ4n) is 1.63. The van der Waals surface area contributed by atoms with Crippen molar-refractivity contribution >= 4 is 5.91 Å². The van der Waals surface area contributed by atoms with Crippen molar-refractivity contribution in [1.29, 1.82) is 0 Å². The van der Waals surface area contributed by atoms with E-state index in [0.29, 0.717) is 19.1 Å². The molecule has 0 aromatic heterocycles. The molecule has 112 valence electrons. The first-order chi connectivity index (χ1) is 9.52. The largest absolute Gasteiger partial charge is 0.490 e. The molecule has 2 N–H and O–H groups in total. The molecule has 0 saturated heterocycles. The summed E-state index contributed by atoms with van der Waals surface area (Å²) in [4.78, 5) is 11.2. The summed E-state index contributed by atoms with van der Waals surface area (Å²) in [6.07, 6.45) is 0.226. The monoisotopic (exact) mass is 282 g/mol. The zero-order chi connectivity index (χ0) is 15.0. The van der Waals surface area contributed by atoms with Gasteiger partial charge in [-0.1, -0.05) is 19.9 Å². The summed E-state index contributed by atoms with van der Waals surface area (Å²) in [5.41, 5.74) is 0.868. The van der Waals surface area contributed by atoms with Gasteiger partial charge < -0.3 is 15.4 Å². The van der Waals surface area contributed by atoms with Gasteiger partial charge in [0.15, 0.2) is 11.6 Å². The number of carbonyl (C=O) groups is 1. The van der Waals surface area contributed by atoms with Crippen molar-refractivity contribution in [2.24, 2.45) is 0 Å². The highest BCUT2D eigenvalue weighted by atomic mass is 19.1. The van der Waals surface area contributed by atoms with Crippen LogP contribution in [0.5, 0.6) is 5.75 Å². The third-order valence-corrected chi connectivity index (χ3v) is 2.67. The van der Waals surface area contributed by atoms with E-state index in [1.165, 1.54) is 6.07 Å². The maximum absolute atomic E-state index is 13.8. The van der Waals surface area contributed by atoms with Crippen molar-refractivity contribution in [1.82, 2.24) is 10.6 Å². The summed E-state index contributed by atoms with van der Waals surface area (Å²) >= 11 is 0. The summed E-state index contributed by atoms with van der Waals surface area (Å²) in [6, 6.07) is 5.23. The molecule has 1 aromatic rings. The summed E-state index contributed by atoms with van der Waals surface area (Å²) in [5.74, 6) is -0.308. The molecule has 0 aliphatic heterocycles. The Labute approximate surface area is 119 Å². The maximum atomic E-state index is 13.8. The Morgan fingerprint density at radius 1 is 1.40 bits per heavy atom. The van der Waals surface area contributed by atoms with Gasteiger partial charge >= 0.3 is 0 Å². The minimum absolute atomic E-state index is 0.0920. The molecular formula is C15H23FN2O2. The van der Waals surface area contributed by atoms with Gasteiger partial charge in [-0.2, -0.15) is 0 Å². The molecule has 0 saturated carbocycles. The third-order valence-electron chi connectivity index (χ3n) is 2.67. The molecule has 0 atom stereocenters. The maximum Gasteiger partial charge on any atom is 0.223 e. The highest BCUT2D eigenvalue weighted by molar-refractivity contribution is 5.75. The van der Waals surface area contributed by atoms with Crippen LogP contribution in [0.3, 0.4) is 0 Å². The lowest BCUT2D eigenvalue weighted by Crippen LogP contribution is -2.24. The van der Waals surface area contributed by atoms with E-state index in [1.54, 1.807) is 6.07 Å². The van der Waals surface area contributed by atoms with Gasteiger partial charge in [-0.15, -0.1) is 0 Å². The topological polar surface area (TPSA) is 50.4 Å². The first-order valence-corrected chi connectivity index (χ1v) is 6.94. The molecule has 5 heteroatoms. The van der Waals surface area contributed by atoms with Gasteiger partial charge in [0, 0.05) is 19.1 Å². The van der Waals surface area contributed by atoms with Crippen molar-refractivity contribution in [2.75, 3.05) is 13.2 Å². The van der Waals surface area contributed by atoms with E-state index < -0.39 is 5.82 Å². The van der Waals surface area contributed by atoms with E-state index >= 15 is 0 Å². The molecule has 1 amide bonds. The molecule has 0 unspecified atom stereocenters. The number of hydrogen-bond acceptors (Lipinski definition) is 3. The van der Waals surface area contributed by atoms with Crippen molar-refractivity contribution in [3.05, 3.63) is 29.6 Å².